The van der Waals surface area contributed by atoms with Gasteiger partial charge in [-0.15, -0.1) is 0 Å². The van der Waals surface area contributed by atoms with Gasteiger partial charge in [0.1, 0.15) is 0 Å². The zero-order valence-corrected chi connectivity index (χ0v) is 11.1. The summed E-state index contributed by atoms with van der Waals surface area (Å²) in [5.74, 6) is 0. The standard InChI is InChI=1S/C11H19BrN2O/c1-3-5-7-15-9-11-10(12)8-13-14(11)6-4-2/h8H,3-7,9H2,1-2H3. The van der Waals surface area contributed by atoms with Crippen LogP contribution in [0.4, 0.5) is 0 Å². The van der Waals surface area contributed by atoms with E-state index in [9.17, 15) is 0 Å². The second-order valence-corrected chi connectivity index (χ2v) is 4.42. The average molecular weight is 275 g/mol. The Kier molecular flexibility index (Phi) is 5.95. The van der Waals surface area contributed by atoms with Crippen LogP contribution in [0.25, 0.3) is 0 Å². The molecule has 15 heavy (non-hydrogen) atoms. The van der Waals surface area contributed by atoms with E-state index in [0.29, 0.717) is 6.61 Å². The number of rotatable bonds is 7. The minimum absolute atomic E-state index is 0.653. The number of halogens is 1. The van der Waals surface area contributed by atoms with Gasteiger partial charge in [-0.05, 0) is 28.8 Å². The SMILES string of the molecule is CCCCOCc1c(Br)cnn1CCC. The van der Waals surface area contributed by atoms with Gasteiger partial charge in [0.15, 0.2) is 0 Å². The molecule has 1 aromatic rings. The third kappa shape index (κ3) is 3.95. The Morgan fingerprint density at radius 1 is 1.40 bits per heavy atom. The molecule has 0 aliphatic rings. The Bertz CT molecular complexity index is 286. The zero-order chi connectivity index (χ0) is 11.1. The predicted octanol–water partition coefficient (Wildman–Crippen LogP) is 3.37. The number of hydrogen-bond acceptors (Lipinski definition) is 2. The molecule has 0 saturated carbocycles. The first kappa shape index (κ1) is 12.7. The lowest BCUT2D eigenvalue weighted by Crippen LogP contribution is -2.07. The molecule has 1 aromatic heterocycles. The second-order valence-electron chi connectivity index (χ2n) is 3.57. The highest BCUT2D eigenvalue weighted by atomic mass is 79.9. The van der Waals surface area contributed by atoms with E-state index in [1.54, 1.807) is 0 Å². The second kappa shape index (κ2) is 7.01. The predicted molar refractivity (Wildman–Crippen MR) is 64.8 cm³/mol. The fourth-order valence-corrected chi connectivity index (χ4v) is 1.76. The van der Waals surface area contributed by atoms with Crippen molar-refractivity contribution in [1.82, 2.24) is 9.78 Å². The van der Waals surface area contributed by atoms with Crippen molar-refractivity contribution < 1.29 is 4.74 Å². The molecular weight excluding hydrogens is 256 g/mol. The first-order chi connectivity index (χ1) is 7.29. The third-order valence-electron chi connectivity index (χ3n) is 2.21. The molecule has 0 radical (unpaired) electrons. The van der Waals surface area contributed by atoms with Crippen molar-refractivity contribution in [1.29, 1.82) is 0 Å². The van der Waals surface area contributed by atoms with Crippen molar-refractivity contribution in [3.63, 3.8) is 0 Å². The van der Waals surface area contributed by atoms with Gasteiger partial charge in [-0.3, -0.25) is 4.68 Å². The van der Waals surface area contributed by atoms with Crippen molar-refractivity contribution in [2.45, 2.75) is 46.3 Å². The largest absolute Gasteiger partial charge is 0.375 e. The molecule has 0 bridgehead atoms. The first-order valence-electron chi connectivity index (χ1n) is 5.57. The molecule has 0 amide bonds. The van der Waals surface area contributed by atoms with Crippen LogP contribution in [0.3, 0.4) is 0 Å². The quantitative estimate of drug-likeness (QED) is 0.713. The van der Waals surface area contributed by atoms with E-state index in [0.717, 1.165) is 36.2 Å². The van der Waals surface area contributed by atoms with Crippen molar-refractivity contribution >= 4 is 15.9 Å². The lowest BCUT2D eigenvalue weighted by atomic mass is 10.3. The van der Waals surface area contributed by atoms with Crippen molar-refractivity contribution in [2.75, 3.05) is 6.61 Å². The summed E-state index contributed by atoms with van der Waals surface area (Å²) in [5.41, 5.74) is 1.15. The monoisotopic (exact) mass is 274 g/mol. The molecule has 0 aliphatic heterocycles. The number of ether oxygens (including phenoxy) is 1. The molecule has 4 heteroatoms. The molecule has 0 atom stereocenters. The average Bonchev–Trinajstić information content (AvgIpc) is 2.56. The lowest BCUT2D eigenvalue weighted by Gasteiger charge is -2.07. The van der Waals surface area contributed by atoms with E-state index in [1.165, 1.54) is 6.42 Å². The highest BCUT2D eigenvalue weighted by molar-refractivity contribution is 9.10. The number of aryl methyl sites for hydroxylation is 1. The number of nitrogens with zero attached hydrogens (tertiary/aromatic N) is 2. The summed E-state index contributed by atoms with van der Waals surface area (Å²) in [6.45, 7) is 6.76. The lowest BCUT2D eigenvalue weighted by molar-refractivity contribution is 0.111. The number of hydrogen-bond donors (Lipinski definition) is 0. The molecule has 0 aliphatic carbocycles. The molecule has 0 saturated heterocycles. The molecule has 3 nitrogen and oxygen atoms in total. The van der Waals surface area contributed by atoms with Gasteiger partial charge < -0.3 is 4.74 Å². The van der Waals surface area contributed by atoms with Crippen molar-refractivity contribution in [3.05, 3.63) is 16.4 Å². The number of aromatic nitrogens is 2. The summed E-state index contributed by atoms with van der Waals surface area (Å²) < 4.78 is 8.65. The fraction of sp³-hybridized carbons (Fsp3) is 0.727. The summed E-state index contributed by atoms with van der Waals surface area (Å²) in [7, 11) is 0. The van der Waals surface area contributed by atoms with Gasteiger partial charge in [0.25, 0.3) is 0 Å². The van der Waals surface area contributed by atoms with E-state index in [2.05, 4.69) is 34.9 Å². The number of unbranched alkanes of at least 4 members (excludes halogenated alkanes) is 1. The molecule has 0 spiro atoms. The summed E-state index contributed by atoms with van der Waals surface area (Å²) in [6.07, 6.45) is 5.24. The summed E-state index contributed by atoms with van der Waals surface area (Å²) in [6, 6.07) is 0. The maximum absolute atomic E-state index is 5.60. The van der Waals surface area contributed by atoms with Crippen LogP contribution in [0, 0.1) is 0 Å². The van der Waals surface area contributed by atoms with Gasteiger partial charge in [0.2, 0.25) is 0 Å². The van der Waals surface area contributed by atoms with Gasteiger partial charge in [-0.25, -0.2) is 0 Å². The Morgan fingerprint density at radius 2 is 2.20 bits per heavy atom. The summed E-state index contributed by atoms with van der Waals surface area (Å²) in [5, 5.41) is 4.29. The Morgan fingerprint density at radius 3 is 2.87 bits per heavy atom. The van der Waals surface area contributed by atoms with Crippen LogP contribution in [0.15, 0.2) is 10.7 Å². The maximum Gasteiger partial charge on any atom is 0.0896 e. The normalized spacial score (nSPS) is 10.9. The van der Waals surface area contributed by atoms with Crippen LogP contribution < -0.4 is 0 Å². The molecule has 0 unspecified atom stereocenters. The van der Waals surface area contributed by atoms with Crippen LogP contribution in [0.2, 0.25) is 0 Å². The van der Waals surface area contributed by atoms with Gasteiger partial charge in [-0.2, -0.15) is 5.10 Å². The third-order valence-corrected chi connectivity index (χ3v) is 2.88. The van der Waals surface area contributed by atoms with Gasteiger partial charge in [-0.1, -0.05) is 20.3 Å². The van der Waals surface area contributed by atoms with Crippen LogP contribution >= 0.6 is 15.9 Å². The highest BCUT2D eigenvalue weighted by Crippen LogP contribution is 2.17. The minimum atomic E-state index is 0.653. The fourth-order valence-electron chi connectivity index (χ4n) is 1.35. The summed E-state index contributed by atoms with van der Waals surface area (Å²) >= 11 is 3.49. The Balaban J connectivity index is 2.46. The van der Waals surface area contributed by atoms with Crippen LogP contribution in [-0.2, 0) is 17.9 Å². The molecular formula is C11H19BrN2O. The van der Waals surface area contributed by atoms with E-state index < -0.39 is 0 Å². The van der Waals surface area contributed by atoms with Crippen LogP contribution in [-0.4, -0.2) is 16.4 Å². The first-order valence-corrected chi connectivity index (χ1v) is 6.36. The van der Waals surface area contributed by atoms with E-state index in [1.807, 2.05) is 10.9 Å². The topological polar surface area (TPSA) is 27.1 Å². The maximum atomic E-state index is 5.60. The van der Waals surface area contributed by atoms with Gasteiger partial charge in [0.05, 0.1) is 23.0 Å². The molecule has 1 rings (SSSR count). The van der Waals surface area contributed by atoms with E-state index in [-0.39, 0.29) is 0 Å². The van der Waals surface area contributed by atoms with Crippen LogP contribution in [0.5, 0.6) is 0 Å². The molecule has 0 fully saturated rings. The van der Waals surface area contributed by atoms with E-state index >= 15 is 0 Å². The van der Waals surface area contributed by atoms with Crippen molar-refractivity contribution in [3.8, 4) is 0 Å². The Labute approximate surface area is 99.9 Å². The molecule has 86 valence electrons. The molecule has 0 N–H and O–H groups in total. The summed E-state index contributed by atoms with van der Waals surface area (Å²) in [4.78, 5) is 0. The Hall–Kier alpha value is -0.350. The smallest absolute Gasteiger partial charge is 0.0896 e. The minimum Gasteiger partial charge on any atom is -0.375 e. The van der Waals surface area contributed by atoms with Crippen LogP contribution in [0.1, 0.15) is 38.8 Å². The van der Waals surface area contributed by atoms with E-state index in [4.69, 9.17) is 4.74 Å². The highest BCUT2D eigenvalue weighted by Gasteiger charge is 2.07. The zero-order valence-electron chi connectivity index (χ0n) is 9.50. The van der Waals surface area contributed by atoms with Gasteiger partial charge in [0, 0.05) is 13.2 Å². The van der Waals surface area contributed by atoms with Gasteiger partial charge >= 0.3 is 0 Å². The molecule has 1 heterocycles. The van der Waals surface area contributed by atoms with Crippen molar-refractivity contribution in [2.24, 2.45) is 0 Å². The molecule has 0 aromatic carbocycles.